The summed E-state index contributed by atoms with van der Waals surface area (Å²) in [6, 6.07) is 4.16. The average molecular weight is 436 g/mol. The number of halogens is 1. The number of aromatic nitrogens is 1. The van der Waals surface area contributed by atoms with Crippen molar-refractivity contribution in [1.29, 1.82) is 0 Å². The van der Waals surface area contributed by atoms with Crippen molar-refractivity contribution in [2.24, 2.45) is 4.99 Å². The SMILES string of the molecule is CCNC(=NCc1cccs1)NCc1sc(C)nc1C.I. The number of nitrogens with one attached hydrogen (secondary N) is 2. The minimum absolute atomic E-state index is 0. The van der Waals surface area contributed by atoms with Crippen molar-refractivity contribution in [2.75, 3.05) is 6.54 Å². The normalized spacial score (nSPS) is 11.1. The summed E-state index contributed by atoms with van der Waals surface area (Å²) in [5, 5.41) is 9.83. The van der Waals surface area contributed by atoms with Gasteiger partial charge in [-0.25, -0.2) is 9.98 Å². The second-order valence-electron chi connectivity index (χ2n) is 4.37. The van der Waals surface area contributed by atoms with Crippen molar-refractivity contribution < 1.29 is 0 Å². The highest BCUT2D eigenvalue weighted by Crippen LogP contribution is 2.16. The summed E-state index contributed by atoms with van der Waals surface area (Å²) in [4.78, 5) is 11.6. The van der Waals surface area contributed by atoms with Gasteiger partial charge < -0.3 is 10.6 Å². The first-order chi connectivity index (χ1) is 9.69. The van der Waals surface area contributed by atoms with Gasteiger partial charge in [0.1, 0.15) is 0 Å². The molecule has 2 aromatic heterocycles. The van der Waals surface area contributed by atoms with Gasteiger partial charge in [-0.1, -0.05) is 6.07 Å². The van der Waals surface area contributed by atoms with E-state index in [1.165, 1.54) is 9.75 Å². The van der Waals surface area contributed by atoms with Crippen LogP contribution in [0.2, 0.25) is 0 Å². The van der Waals surface area contributed by atoms with Gasteiger partial charge in [0.05, 0.1) is 23.8 Å². The fraction of sp³-hybridized carbons (Fsp3) is 0.429. The fourth-order valence-electron chi connectivity index (χ4n) is 1.80. The first-order valence-electron chi connectivity index (χ1n) is 6.66. The molecule has 0 radical (unpaired) electrons. The highest BCUT2D eigenvalue weighted by molar-refractivity contribution is 14.0. The molecule has 21 heavy (non-hydrogen) atoms. The predicted molar refractivity (Wildman–Crippen MR) is 103 cm³/mol. The van der Waals surface area contributed by atoms with Crippen molar-refractivity contribution in [3.05, 3.63) is 38.0 Å². The second-order valence-corrected chi connectivity index (χ2v) is 6.69. The molecule has 116 valence electrons. The third-order valence-electron chi connectivity index (χ3n) is 2.73. The molecule has 0 aliphatic rings. The van der Waals surface area contributed by atoms with Gasteiger partial charge in [-0.15, -0.1) is 46.7 Å². The van der Waals surface area contributed by atoms with E-state index >= 15 is 0 Å². The van der Waals surface area contributed by atoms with E-state index in [1.807, 2.05) is 6.92 Å². The molecule has 0 unspecified atom stereocenters. The van der Waals surface area contributed by atoms with E-state index < -0.39 is 0 Å². The van der Waals surface area contributed by atoms with Crippen molar-refractivity contribution >= 4 is 52.6 Å². The summed E-state index contributed by atoms with van der Waals surface area (Å²) in [5.74, 6) is 0.853. The maximum absolute atomic E-state index is 4.60. The molecule has 0 bridgehead atoms. The van der Waals surface area contributed by atoms with Crippen molar-refractivity contribution in [2.45, 2.75) is 33.9 Å². The summed E-state index contributed by atoms with van der Waals surface area (Å²) in [6.45, 7) is 8.51. The third-order valence-corrected chi connectivity index (χ3v) is 4.67. The van der Waals surface area contributed by atoms with Crippen LogP contribution in [0, 0.1) is 13.8 Å². The van der Waals surface area contributed by atoms with Gasteiger partial charge in [0.25, 0.3) is 0 Å². The number of hydrogen-bond acceptors (Lipinski definition) is 4. The Morgan fingerprint density at radius 3 is 2.71 bits per heavy atom. The molecule has 0 spiro atoms. The van der Waals surface area contributed by atoms with Crippen LogP contribution in [0.4, 0.5) is 0 Å². The highest BCUT2D eigenvalue weighted by Gasteiger charge is 2.05. The molecule has 2 N–H and O–H groups in total. The van der Waals surface area contributed by atoms with E-state index in [4.69, 9.17) is 0 Å². The van der Waals surface area contributed by atoms with E-state index in [0.29, 0.717) is 6.54 Å². The van der Waals surface area contributed by atoms with Crippen LogP contribution in [0.3, 0.4) is 0 Å². The van der Waals surface area contributed by atoms with Crippen LogP contribution >= 0.6 is 46.7 Å². The van der Waals surface area contributed by atoms with Gasteiger partial charge in [0, 0.05) is 16.3 Å². The summed E-state index contributed by atoms with van der Waals surface area (Å²) < 4.78 is 0. The Kier molecular flexibility index (Phi) is 8.20. The zero-order valence-electron chi connectivity index (χ0n) is 12.5. The number of thiazole rings is 1. The summed E-state index contributed by atoms with van der Waals surface area (Å²) in [5.41, 5.74) is 1.11. The monoisotopic (exact) mass is 436 g/mol. The van der Waals surface area contributed by atoms with Crippen LogP contribution in [-0.4, -0.2) is 17.5 Å². The van der Waals surface area contributed by atoms with Gasteiger partial charge in [0.15, 0.2) is 5.96 Å². The molecule has 0 aromatic carbocycles. The zero-order chi connectivity index (χ0) is 14.4. The first-order valence-corrected chi connectivity index (χ1v) is 8.36. The molecule has 0 aliphatic heterocycles. The van der Waals surface area contributed by atoms with Gasteiger partial charge in [0.2, 0.25) is 0 Å². The molecule has 0 saturated carbocycles. The Hall–Kier alpha value is -0.670. The third kappa shape index (κ3) is 5.91. The average Bonchev–Trinajstić information content (AvgIpc) is 3.03. The minimum atomic E-state index is 0. The Morgan fingerprint density at radius 1 is 1.33 bits per heavy atom. The summed E-state index contributed by atoms with van der Waals surface area (Å²) in [7, 11) is 0. The quantitative estimate of drug-likeness (QED) is 0.427. The minimum Gasteiger partial charge on any atom is -0.357 e. The molecular formula is C14H21IN4S2. The molecule has 0 aliphatic carbocycles. The number of aryl methyl sites for hydroxylation is 2. The largest absolute Gasteiger partial charge is 0.357 e. The molecule has 0 amide bonds. The van der Waals surface area contributed by atoms with E-state index in [-0.39, 0.29) is 24.0 Å². The molecule has 2 heterocycles. The van der Waals surface area contributed by atoms with E-state index in [0.717, 1.165) is 29.8 Å². The maximum Gasteiger partial charge on any atom is 0.191 e. The van der Waals surface area contributed by atoms with Crippen LogP contribution in [0.5, 0.6) is 0 Å². The van der Waals surface area contributed by atoms with Crippen LogP contribution in [0.1, 0.15) is 27.4 Å². The van der Waals surface area contributed by atoms with Gasteiger partial charge in [-0.05, 0) is 32.2 Å². The molecular weight excluding hydrogens is 415 g/mol. The second kappa shape index (κ2) is 9.37. The summed E-state index contributed by atoms with van der Waals surface area (Å²) >= 11 is 3.47. The Balaban J connectivity index is 0.00000220. The lowest BCUT2D eigenvalue weighted by Gasteiger charge is -2.10. The van der Waals surface area contributed by atoms with E-state index in [2.05, 4.69) is 52.0 Å². The Morgan fingerprint density at radius 2 is 2.14 bits per heavy atom. The highest BCUT2D eigenvalue weighted by atomic mass is 127. The summed E-state index contributed by atoms with van der Waals surface area (Å²) in [6.07, 6.45) is 0. The van der Waals surface area contributed by atoms with E-state index in [9.17, 15) is 0 Å². The number of aliphatic imine (C=N–C) groups is 1. The topological polar surface area (TPSA) is 49.3 Å². The van der Waals surface area contributed by atoms with Gasteiger partial charge in [-0.3, -0.25) is 0 Å². The fourth-order valence-corrected chi connectivity index (χ4v) is 3.31. The van der Waals surface area contributed by atoms with Crippen LogP contribution in [0.25, 0.3) is 0 Å². The van der Waals surface area contributed by atoms with Crippen LogP contribution < -0.4 is 10.6 Å². The van der Waals surface area contributed by atoms with Crippen molar-refractivity contribution in [1.82, 2.24) is 15.6 Å². The van der Waals surface area contributed by atoms with Crippen LogP contribution in [-0.2, 0) is 13.1 Å². The Labute approximate surface area is 151 Å². The van der Waals surface area contributed by atoms with Crippen molar-refractivity contribution in [3.63, 3.8) is 0 Å². The van der Waals surface area contributed by atoms with Crippen molar-refractivity contribution in [3.8, 4) is 0 Å². The van der Waals surface area contributed by atoms with Gasteiger partial charge in [-0.2, -0.15) is 0 Å². The number of rotatable bonds is 5. The molecule has 0 atom stereocenters. The number of nitrogens with zero attached hydrogens (tertiary/aromatic N) is 2. The predicted octanol–water partition coefficient (Wildman–Crippen LogP) is 3.69. The molecule has 7 heteroatoms. The van der Waals surface area contributed by atoms with E-state index in [1.54, 1.807) is 22.7 Å². The lowest BCUT2D eigenvalue weighted by molar-refractivity contribution is 0.820. The number of hydrogen-bond donors (Lipinski definition) is 2. The maximum atomic E-state index is 4.60. The lowest BCUT2D eigenvalue weighted by Crippen LogP contribution is -2.36. The lowest BCUT2D eigenvalue weighted by atomic mass is 10.4. The Bertz CT molecular complexity index is 564. The molecule has 0 saturated heterocycles. The molecule has 0 fully saturated rings. The number of guanidine groups is 1. The smallest absolute Gasteiger partial charge is 0.191 e. The first kappa shape index (κ1) is 18.4. The molecule has 4 nitrogen and oxygen atoms in total. The zero-order valence-corrected chi connectivity index (χ0v) is 16.4. The molecule has 2 aromatic rings. The van der Waals surface area contributed by atoms with Gasteiger partial charge >= 0.3 is 0 Å². The van der Waals surface area contributed by atoms with Crippen LogP contribution in [0.15, 0.2) is 22.5 Å². The number of thiophene rings is 1. The molecule has 2 rings (SSSR count). The standard InChI is InChI=1S/C14H20N4S2.HI/c1-4-15-14(16-8-12-6-5-7-19-12)17-9-13-10(2)18-11(3)20-13;/h5-7H,4,8-9H2,1-3H3,(H2,15,16,17);1H.